The Morgan fingerprint density at radius 1 is 1.21 bits per heavy atom. The highest BCUT2D eigenvalue weighted by Gasteiger charge is 2.19. The third-order valence-electron chi connectivity index (χ3n) is 4.32. The SMILES string of the molecule is COc1ccc(-c2ccc(=O)n(C(C)C(=O)Nc3cc(Cl)ccc3C#N)n2)cc1. The smallest absolute Gasteiger partial charge is 0.267 e. The number of amides is 1. The number of anilines is 1. The number of halogens is 1. The molecule has 1 atom stereocenters. The minimum Gasteiger partial charge on any atom is -0.497 e. The molecule has 1 heterocycles. The molecule has 1 amide bonds. The third-order valence-corrected chi connectivity index (χ3v) is 4.55. The first-order chi connectivity index (χ1) is 13.9. The Kier molecular flexibility index (Phi) is 5.96. The molecule has 1 aromatic heterocycles. The first kappa shape index (κ1) is 20.1. The molecule has 0 spiro atoms. The Labute approximate surface area is 172 Å². The van der Waals surface area contributed by atoms with E-state index >= 15 is 0 Å². The van der Waals surface area contributed by atoms with Crippen molar-refractivity contribution in [2.24, 2.45) is 0 Å². The normalized spacial score (nSPS) is 11.4. The molecule has 0 saturated carbocycles. The lowest BCUT2D eigenvalue weighted by Crippen LogP contribution is -2.33. The zero-order valence-corrected chi connectivity index (χ0v) is 16.5. The number of nitriles is 1. The molecule has 0 aliphatic rings. The van der Waals surface area contributed by atoms with E-state index in [4.69, 9.17) is 16.3 Å². The summed E-state index contributed by atoms with van der Waals surface area (Å²) in [6.07, 6.45) is 0. The Bertz CT molecular complexity index is 1150. The lowest BCUT2D eigenvalue weighted by molar-refractivity contribution is -0.119. The van der Waals surface area contributed by atoms with Gasteiger partial charge in [-0.05, 0) is 55.5 Å². The van der Waals surface area contributed by atoms with Crippen LogP contribution in [0.2, 0.25) is 5.02 Å². The molecule has 0 radical (unpaired) electrons. The number of methoxy groups -OCH3 is 1. The summed E-state index contributed by atoms with van der Waals surface area (Å²) < 4.78 is 6.24. The van der Waals surface area contributed by atoms with Gasteiger partial charge in [0.05, 0.1) is 24.1 Å². The van der Waals surface area contributed by atoms with Crippen molar-refractivity contribution in [1.82, 2.24) is 9.78 Å². The lowest BCUT2D eigenvalue weighted by atomic mass is 10.1. The largest absolute Gasteiger partial charge is 0.497 e. The zero-order chi connectivity index (χ0) is 21.0. The van der Waals surface area contributed by atoms with E-state index in [1.165, 1.54) is 18.2 Å². The molecule has 0 aliphatic carbocycles. The zero-order valence-electron chi connectivity index (χ0n) is 15.7. The summed E-state index contributed by atoms with van der Waals surface area (Å²) in [5.74, 6) is 0.204. The van der Waals surface area contributed by atoms with Crippen LogP contribution in [0.4, 0.5) is 5.69 Å². The topological polar surface area (TPSA) is 97.0 Å². The molecular weight excluding hydrogens is 392 g/mol. The van der Waals surface area contributed by atoms with Crippen molar-refractivity contribution in [2.75, 3.05) is 12.4 Å². The monoisotopic (exact) mass is 408 g/mol. The number of nitrogens with zero attached hydrogens (tertiary/aromatic N) is 3. The van der Waals surface area contributed by atoms with Crippen LogP contribution in [0.3, 0.4) is 0 Å². The predicted octanol–water partition coefficient (Wildman–Crippen LogP) is 3.64. The second kappa shape index (κ2) is 8.59. The maximum absolute atomic E-state index is 12.7. The molecular formula is C21H17ClN4O3. The van der Waals surface area contributed by atoms with E-state index in [0.717, 1.165) is 10.2 Å². The molecule has 1 N–H and O–H groups in total. The molecule has 146 valence electrons. The highest BCUT2D eigenvalue weighted by molar-refractivity contribution is 6.31. The van der Waals surface area contributed by atoms with Crippen LogP contribution in [-0.2, 0) is 4.79 Å². The van der Waals surface area contributed by atoms with Crippen molar-refractivity contribution in [3.63, 3.8) is 0 Å². The summed E-state index contributed by atoms with van der Waals surface area (Å²) in [4.78, 5) is 25.0. The molecule has 1 unspecified atom stereocenters. The molecule has 0 aliphatic heterocycles. The van der Waals surface area contributed by atoms with Gasteiger partial charge in [-0.25, -0.2) is 4.68 Å². The van der Waals surface area contributed by atoms with Crippen LogP contribution in [0.25, 0.3) is 11.3 Å². The second-order valence-corrected chi connectivity index (χ2v) is 6.63. The first-order valence-corrected chi connectivity index (χ1v) is 9.05. The van der Waals surface area contributed by atoms with Crippen LogP contribution in [0.15, 0.2) is 59.4 Å². The summed E-state index contributed by atoms with van der Waals surface area (Å²) >= 11 is 5.95. The van der Waals surface area contributed by atoms with Gasteiger partial charge in [-0.1, -0.05) is 11.6 Å². The summed E-state index contributed by atoms with van der Waals surface area (Å²) in [5, 5.41) is 16.6. The van der Waals surface area contributed by atoms with Crippen molar-refractivity contribution >= 4 is 23.2 Å². The predicted molar refractivity (Wildman–Crippen MR) is 110 cm³/mol. The summed E-state index contributed by atoms with van der Waals surface area (Å²) in [7, 11) is 1.57. The Balaban J connectivity index is 1.89. The van der Waals surface area contributed by atoms with Crippen molar-refractivity contribution in [3.8, 4) is 23.1 Å². The number of benzene rings is 2. The van der Waals surface area contributed by atoms with Gasteiger partial charge in [-0.3, -0.25) is 9.59 Å². The van der Waals surface area contributed by atoms with E-state index in [2.05, 4.69) is 10.4 Å². The van der Waals surface area contributed by atoms with Gasteiger partial charge < -0.3 is 10.1 Å². The summed E-state index contributed by atoms with van der Waals surface area (Å²) in [5.41, 5.74) is 1.43. The van der Waals surface area contributed by atoms with Gasteiger partial charge in [-0.2, -0.15) is 10.4 Å². The fourth-order valence-electron chi connectivity index (χ4n) is 2.68. The molecule has 0 fully saturated rings. The molecule has 2 aromatic carbocycles. The maximum atomic E-state index is 12.7. The third kappa shape index (κ3) is 4.45. The van der Waals surface area contributed by atoms with Crippen LogP contribution >= 0.6 is 11.6 Å². The van der Waals surface area contributed by atoms with Gasteiger partial charge in [0.2, 0.25) is 5.91 Å². The molecule has 0 saturated heterocycles. The van der Waals surface area contributed by atoms with Crippen LogP contribution in [0.5, 0.6) is 5.75 Å². The van der Waals surface area contributed by atoms with Crippen LogP contribution in [0, 0.1) is 11.3 Å². The van der Waals surface area contributed by atoms with Gasteiger partial charge in [0.15, 0.2) is 0 Å². The standard InChI is InChI=1S/C21H17ClN4O3/c1-13(21(28)24-19-11-16(22)6-3-15(19)12-23)26-20(27)10-9-18(25-26)14-4-7-17(29-2)8-5-14/h3-11,13H,1-2H3,(H,24,28). The molecule has 3 rings (SSSR count). The quantitative estimate of drug-likeness (QED) is 0.695. The highest BCUT2D eigenvalue weighted by atomic mass is 35.5. The number of carbonyl (C=O) groups excluding carboxylic acids is 1. The van der Waals surface area contributed by atoms with Crippen molar-refractivity contribution < 1.29 is 9.53 Å². The lowest BCUT2D eigenvalue weighted by Gasteiger charge is -2.16. The van der Waals surface area contributed by atoms with E-state index in [1.54, 1.807) is 38.3 Å². The highest BCUT2D eigenvalue weighted by Crippen LogP contribution is 2.22. The fraction of sp³-hybridized carbons (Fsp3) is 0.143. The number of hydrogen-bond donors (Lipinski definition) is 1. The van der Waals surface area contributed by atoms with Crippen LogP contribution in [0.1, 0.15) is 18.5 Å². The van der Waals surface area contributed by atoms with E-state index in [9.17, 15) is 14.9 Å². The summed E-state index contributed by atoms with van der Waals surface area (Å²) in [6.45, 7) is 1.55. The average Bonchev–Trinajstić information content (AvgIpc) is 2.74. The van der Waals surface area contributed by atoms with Gasteiger partial charge in [0.25, 0.3) is 5.56 Å². The number of hydrogen-bond acceptors (Lipinski definition) is 5. The van der Waals surface area contributed by atoms with Crippen LogP contribution in [-0.4, -0.2) is 22.8 Å². The number of rotatable bonds is 5. The van der Waals surface area contributed by atoms with Gasteiger partial charge in [-0.15, -0.1) is 0 Å². The molecule has 29 heavy (non-hydrogen) atoms. The van der Waals surface area contributed by atoms with E-state index in [1.807, 2.05) is 18.2 Å². The number of nitrogens with one attached hydrogen (secondary N) is 1. The van der Waals surface area contributed by atoms with E-state index in [0.29, 0.717) is 16.5 Å². The minimum absolute atomic E-state index is 0.266. The first-order valence-electron chi connectivity index (χ1n) is 8.67. The molecule has 7 nitrogen and oxygen atoms in total. The van der Waals surface area contributed by atoms with Crippen molar-refractivity contribution in [2.45, 2.75) is 13.0 Å². The Morgan fingerprint density at radius 3 is 2.59 bits per heavy atom. The molecule has 0 bridgehead atoms. The summed E-state index contributed by atoms with van der Waals surface area (Å²) in [6, 6.07) is 15.8. The fourth-order valence-corrected chi connectivity index (χ4v) is 2.86. The maximum Gasteiger partial charge on any atom is 0.267 e. The van der Waals surface area contributed by atoms with E-state index < -0.39 is 17.5 Å². The van der Waals surface area contributed by atoms with E-state index in [-0.39, 0.29) is 11.3 Å². The molecule has 8 heteroatoms. The van der Waals surface area contributed by atoms with Crippen molar-refractivity contribution in [3.05, 3.63) is 75.5 Å². The second-order valence-electron chi connectivity index (χ2n) is 6.20. The Morgan fingerprint density at radius 2 is 1.93 bits per heavy atom. The van der Waals surface area contributed by atoms with Gasteiger partial charge in [0, 0.05) is 16.7 Å². The number of ether oxygens (including phenoxy) is 1. The van der Waals surface area contributed by atoms with Crippen LogP contribution < -0.4 is 15.6 Å². The van der Waals surface area contributed by atoms with Gasteiger partial charge >= 0.3 is 0 Å². The molecule has 3 aromatic rings. The number of aromatic nitrogens is 2. The Hall–Kier alpha value is -3.63. The minimum atomic E-state index is -0.911. The van der Waals surface area contributed by atoms with Gasteiger partial charge in [0.1, 0.15) is 17.9 Å². The average molecular weight is 409 g/mol. The van der Waals surface area contributed by atoms with Crippen molar-refractivity contribution in [1.29, 1.82) is 5.26 Å². The number of carbonyl (C=O) groups is 1.